The molecule has 1 aliphatic rings. The molecule has 8 heteroatoms. The van der Waals surface area contributed by atoms with E-state index >= 15 is 0 Å². The Hall–Kier alpha value is -3.52. The van der Waals surface area contributed by atoms with Crippen molar-refractivity contribution in [3.05, 3.63) is 34.9 Å². The summed E-state index contributed by atoms with van der Waals surface area (Å²) in [6.45, 7) is 2.01. The maximum absolute atomic E-state index is 12.8. The highest BCUT2D eigenvalue weighted by molar-refractivity contribution is 6.16. The molecule has 0 radical (unpaired) electrons. The summed E-state index contributed by atoms with van der Waals surface area (Å²) in [5, 5.41) is 2.70. The van der Waals surface area contributed by atoms with Gasteiger partial charge >= 0.3 is 5.97 Å². The summed E-state index contributed by atoms with van der Waals surface area (Å²) in [4.78, 5) is 26.6. The van der Waals surface area contributed by atoms with Gasteiger partial charge in [0.15, 0.2) is 5.75 Å². The molecule has 3 aromatic rings. The lowest BCUT2D eigenvalue weighted by Gasteiger charge is -2.20. The maximum atomic E-state index is 12.8. The van der Waals surface area contributed by atoms with Crippen LogP contribution in [0.4, 0.5) is 0 Å². The minimum Gasteiger partial charge on any atom is -0.496 e. The fourth-order valence-corrected chi connectivity index (χ4v) is 4.45. The Kier molecular flexibility index (Phi) is 5.56. The molecular formula is C24H25NO7. The summed E-state index contributed by atoms with van der Waals surface area (Å²) in [7, 11) is 7.98. The van der Waals surface area contributed by atoms with E-state index in [0.29, 0.717) is 57.9 Å². The summed E-state index contributed by atoms with van der Waals surface area (Å²) >= 11 is 0. The highest BCUT2D eigenvalue weighted by Crippen LogP contribution is 2.49. The summed E-state index contributed by atoms with van der Waals surface area (Å²) in [6.07, 6.45) is 0. The molecule has 8 nitrogen and oxygen atoms in total. The smallest absolute Gasteiger partial charge is 0.308 e. The number of esters is 1. The van der Waals surface area contributed by atoms with Crippen LogP contribution in [0.5, 0.6) is 23.0 Å². The van der Waals surface area contributed by atoms with Crippen LogP contribution in [0.2, 0.25) is 0 Å². The molecule has 1 aliphatic heterocycles. The third-order valence-corrected chi connectivity index (χ3v) is 5.68. The Morgan fingerprint density at radius 3 is 2.28 bits per heavy atom. The summed E-state index contributed by atoms with van der Waals surface area (Å²) in [6, 6.07) is 5.53. The van der Waals surface area contributed by atoms with Gasteiger partial charge in [-0.2, -0.15) is 0 Å². The number of amides is 1. The van der Waals surface area contributed by atoms with E-state index in [9.17, 15) is 9.59 Å². The van der Waals surface area contributed by atoms with Gasteiger partial charge in [-0.3, -0.25) is 9.59 Å². The van der Waals surface area contributed by atoms with Gasteiger partial charge in [-0.05, 0) is 29.1 Å². The van der Waals surface area contributed by atoms with Gasteiger partial charge in [-0.25, -0.2) is 0 Å². The molecule has 0 spiro atoms. The summed E-state index contributed by atoms with van der Waals surface area (Å²) in [5.41, 5.74) is 2.00. The Morgan fingerprint density at radius 2 is 1.69 bits per heavy atom. The van der Waals surface area contributed by atoms with Gasteiger partial charge in [0.2, 0.25) is 0 Å². The first-order chi connectivity index (χ1) is 15.4. The maximum Gasteiger partial charge on any atom is 0.308 e. The molecule has 0 saturated heterocycles. The van der Waals surface area contributed by atoms with Crippen molar-refractivity contribution in [2.75, 3.05) is 35.5 Å². The van der Waals surface area contributed by atoms with Crippen molar-refractivity contribution in [3.63, 3.8) is 0 Å². The molecule has 0 unspecified atom stereocenters. The highest BCUT2D eigenvalue weighted by Gasteiger charge is 2.33. The third-order valence-electron chi connectivity index (χ3n) is 5.68. The monoisotopic (exact) mass is 439 g/mol. The molecule has 32 heavy (non-hydrogen) atoms. The zero-order valence-corrected chi connectivity index (χ0v) is 19.0. The van der Waals surface area contributed by atoms with E-state index in [1.165, 1.54) is 14.0 Å². The predicted molar refractivity (Wildman–Crippen MR) is 119 cm³/mol. The van der Waals surface area contributed by atoms with E-state index in [1.54, 1.807) is 39.3 Å². The molecule has 0 saturated carbocycles. The van der Waals surface area contributed by atoms with E-state index in [-0.39, 0.29) is 5.91 Å². The average Bonchev–Trinajstić information content (AvgIpc) is 3.06. The van der Waals surface area contributed by atoms with Crippen molar-refractivity contribution in [3.8, 4) is 23.0 Å². The number of rotatable bonds is 6. The van der Waals surface area contributed by atoms with Crippen LogP contribution in [0.15, 0.2) is 18.2 Å². The van der Waals surface area contributed by atoms with Gasteiger partial charge in [-0.15, -0.1) is 0 Å². The number of nitrogens with zero attached hydrogens (tertiary/aromatic N) is 1. The Morgan fingerprint density at radius 1 is 0.969 bits per heavy atom. The van der Waals surface area contributed by atoms with E-state index in [0.717, 1.165) is 16.5 Å². The highest BCUT2D eigenvalue weighted by atomic mass is 16.5. The minimum absolute atomic E-state index is 0.146. The van der Waals surface area contributed by atoms with Crippen LogP contribution < -0.4 is 18.9 Å². The third kappa shape index (κ3) is 3.18. The second kappa shape index (κ2) is 8.20. The lowest BCUT2D eigenvalue weighted by Crippen LogP contribution is -2.17. The molecular weight excluding hydrogens is 414 g/mol. The average molecular weight is 439 g/mol. The molecule has 4 rings (SSSR count). The first-order valence-corrected chi connectivity index (χ1v) is 10.0. The van der Waals surface area contributed by atoms with E-state index < -0.39 is 5.97 Å². The molecule has 0 bridgehead atoms. The lowest BCUT2D eigenvalue weighted by molar-refractivity contribution is -0.131. The predicted octanol–water partition coefficient (Wildman–Crippen LogP) is 3.68. The van der Waals surface area contributed by atoms with Gasteiger partial charge in [0.25, 0.3) is 5.91 Å². The number of methoxy groups -OCH3 is 4. The van der Waals surface area contributed by atoms with Crippen molar-refractivity contribution in [1.29, 1.82) is 0 Å². The SMILES string of the molecule is COCc1cc(OC)c2c(OC(C)=O)c3c4c(c(OC)cc3cc2c1OC)C(=O)N(C)C4. The molecule has 0 N–H and O–H groups in total. The summed E-state index contributed by atoms with van der Waals surface area (Å²) < 4.78 is 28.1. The number of carbonyl (C=O) groups is 2. The molecule has 0 atom stereocenters. The topological polar surface area (TPSA) is 83.5 Å². The zero-order valence-electron chi connectivity index (χ0n) is 19.0. The fraction of sp³-hybridized carbons (Fsp3) is 0.333. The second-order valence-electron chi connectivity index (χ2n) is 7.62. The summed E-state index contributed by atoms with van der Waals surface area (Å²) in [5.74, 6) is 1.26. The van der Waals surface area contributed by atoms with Gasteiger partial charge < -0.3 is 28.6 Å². The first kappa shape index (κ1) is 21.7. The molecule has 0 aromatic heterocycles. The van der Waals surface area contributed by atoms with Crippen LogP contribution in [0.25, 0.3) is 21.5 Å². The van der Waals surface area contributed by atoms with Crippen LogP contribution in [-0.4, -0.2) is 52.3 Å². The standard InChI is InChI=1S/C24H25NO7/c1-12(26)32-23-19-13(8-18(30-5)21-16(19)10-25(2)24(21)27)7-15-20(23)17(29-4)9-14(11-28-3)22(15)31-6/h7-9H,10-11H2,1-6H3. The molecule has 0 aliphatic carbocycles. The van der Waals surface area contributed by atoms with Gasteiger partial charge in [0.05, 0.1) is 38.9 Å². The zero-order chi connectivity index (χ0) is 23.2. The Labute approximate surface area is 185 Å². The van der Waals surface area contributed by atoms with Gasteiger partial charge in [0.1, 0.15) is 17.2 Å². The molecule has 1 amide bonds. The number of benzene rings is 3. The van der Waals surface area contributed by atoms with E-state index in [4.69, 9.17) is 23.7 Å². The lowest BCUT2D eigenvalue weighted by atomic mass is 9.93. The Bertz CT molecular complexity index is 1270. The van der Waals surface area contributed by atoms with Crippen molar-refractivity contribution in [2.45, 2.75) is 20.1 Å². The fourth-order valence-electron chi connectivity index (χ4n) is 4.45. The number of hydrogen-bond acceptors (Lipinski definition) is 7. The van der Waals surface area contributed by atoms with E-state index in [2.05, 4.69) is 0 Å². The minimum atomic E-state index is -0.483. The number of ether oxygens (including phenoxy) is 5. The van der Waals surface area contributed by atoms with Crippen molar-refractivity contribution < 1.29 is 33.3 Å². The first-order valence-electron chi connectivity index (χ1n) is 10.0. The molecule has 168 valence electrons. The van der Waals surface area contributed by atoms with Gasteiger partial charge in [0, 0.05) is 44.0 Å². The quantitative estimate of drug-likeness (QED) is 0.329. The number of carbonyl (C=O) groups excluding carboxylic acids is 2. The second-order valence-corrected chi connectivity index (χ2v) is 7.62. The largest absolute Gasteiger partial charge is 0.496 e. The van der Waals surface area contributed by atoms with Crippen LogP contribution >= 0.6 is 0 Å². The van der Waals surface area contributed by atoms with Crippen molar-refractivity contribution >= 4 is 33.4 Å². The van der Waals surface area contributed by atoms with Crippen LogP contribution in [0.3, 0.4) is 0 Å². The van der Waals surface area contributed by atoms with E-state index in [1.807, 2.05) is 12.1 Å². The molecule has 1 heterocycles. The molecule has 3 aromatic carbocycles. The van der Waals surface area contributed by atoms with Gasteiger partial charge in [-0.1, -0.05) is 0 Å². The van der Waals surface area contributed by atoms with Crippen molar-refractivity contribution in [1.82, 2.24) is 4.90 Å². The van der Waals surface area contributed by atoms with Crippen LogP contribution in [-0.2, 0) is 22.7 Å². The Balaban J connectivity index is 2.25. The molecule has 0 fully saturated rings. The van der Waals surface area contributed by atoms with Crippen LogP contribution in [0.1, 0.15) is 28.4 Å². The van der Waals surface area contributed by atoms with Crippen LogP contribution in [0, 0.1) is 0 Å². The number of fused-ring (bicyclic) bond motifs is 4. The van der Waals surface area contributed by atoms with Crippen molar-refractivity contribution in [2.24, 2.45) is 0 Å². The normalized spacial score (nSPS) is 12.9. The number of hydrogen-bond donors (Lipinski definition) is 0.